The zero-order valence-electron chi connectivity index (χ0n) is 14.6. The standard InChI is InChI=1S/C20H23ClFN3S/c21-18-6-2-1-5-17(18)19(25-11-3-4-12-25)14-24-20(26)23-13-15-7-9-16(22)10-8-15/h1-2,5-10,19H,3-4,11-14H2,(H2,23,24,26)/t19-/m1/s1. The molecule has 1 saturated heterocycles. The Hall–Kier alpha value is -1.69. The maximum atomic E-state index is 13.0. The normalized spacial score (nSPS) is 15.6. The van der Waals surface area contributed by atoms with Crippen LogP contribution in [0.3, 0.4) is 0 Å². The molecule has 26 heavy (non-hydrogen) atoms. The van der Waals surface area contributed by atoms with Gasteiger partial charge in [-0.3, -0.25) is 4.90 Å². The quantitative estimate of drug-likeness (QED) is 0.719. The number of nitrogens with zero attached hydrogens (tertiary/aromatic N) is 1. The lowest BCUT2D eigenvalue weighted by atomic mass is 10.1. The Bertz CT molecular complexity index is 732. The number of nitrogens with one attached hydrogen (secondary N) is 2. The molecule has 0 spiro atoms. The van der Waals surface area contributed by atoms with Crippen LogP contribution in [0.2, 0.25) is 5.02 Å². The number of rotatable bonds is 6. The van der Waals surface area contributed by atoms with E-state index in [1.165, 1.54) is 25.0 Å². The molecule has 1 atom stereocenters. The number of hydrogen-bond acceptors (Lipinski definition) is 2. The molecule has 138 valence electrons. The summed E-state index contributed by atoms with van der Waals surface area (Å²) in [6.07, 6.45) is 2.43. The molecular weight excluding hydrogens is 369 g/mol. The molecule has 1 heterocycles. The Labute approximate surface area is 164 Å². The molecule has 1 aliphatic heterocycles. The van der Waals surface area contributed by atoms with Crippen LogP contribution in [0, 0.1) is 5.82 Å². The highest BCUT2D eigenvalue weighted by Gasteiger charge is 2.25. The van der Waals surface area contributed by atoms with Crippen molar-refractivity contribution in [2.24, 2.45) is 0 Å². The summed E-state index contributed by atoms with van der Waals surface area (Å²) in [6, 6.07) is 14.6. The highest BCUT2D eigenvalue weighted by atomic mass is 35.5. The van der Waals surface area contributed by atoms with Crippen LogP contribution >= 0.6 is 23.8 Å². The van der Waals surface area contributed by atoms with E-state index in [1.807, 2.05) is 18.2 Å². The minimum absolute atomic E-state index is 0.191. The van der Waals surface area contributed by atoms with E-state index in [-0.39, 0.29) is 11.9 Å². The predicted molar refractivity (Wildman–Crippen MR) is 109 cm³/mol. The van der Waals surface area contributed by atoms with Crippen LogP contribution in [-0.4, -0.2) is 29.6 Å². The second-order valence-electron chi connectivity index (χ2n) is 6.47. The average Bonchev–Trinajstić information content (AvgIpc) is 3.17. The fourth-order valence-corrected chi connectivity index (χ4v) is 3.69. The van der Waals surface area contributed by atoms with Crippen LogP contribution < -0.4 is 10.6 Å². The third-order valence-corrected chi connectivity index (χ3v) is 5.30. The van der Waals surface area contributed by atoms with Gasteiger partial charge in [-0.05, 0) is 67.5 Å². The lowest BCUT2D eigenvalue weighted by molar-refractivity contribution is 0.246. The minimum atomic E-state index is -0.234. The Morgan fingerprint density at radius 3 is 2.46 bits per heavy atom. The highest BCUT2D eigenvalue weighted by Crippen LogP contribution is 2.29. The second-order valence-corrected chi connectivity index (χ2v) is 7.29. The maximum Gasteiger partial charge on any atom is 0.166 e. The molecule has 1 aliphatic rings. The molecule has 1 fully saturated rings. The van der Waals surface area contributed by atoms with Gasteiger partial charge < -0.3 is 10.6 Å². The van der Waals surface area contributed by atoms with Crippen LogP contribution in [0.4, 0.5) is 4.39 Å². The molecule has 0 aliphatic carbocycles. The number of hydrogen-bond donors (Lipinski definition) is 2. The Morgan fingerprint density at radius 1 is 1.08 bits per heavy atom. The zero-order chi connectivity index (χ0) is 18.4. The van der Waals surface area contributed by atoms with Gasteiger partial charge in [-0.1, -0.05) is 41.9 Å². The van der Waals surface area contributed by atoms with Gasteiger partial charge in [-0.2, -0.15) is 0 Å². The summed E-state index contributed by atoms with van der Waals surface area (Å²) in [5, 5.41) is 7.87. The van der Waals surface area contributed by atoms with Crippen molar-refractivity contribution in [1.29, 1.82) is 0 Å². The SMILES string of the molecule is Fc1ccc(CNC(=S)NC[C@H](c2ccccc2Cl)N2CCCC2)cc1. The summed E-state index contributed by atoms with van der Waals surface area (Å²) in [5.74, 6) is -0.234. The van der Waals surface area contributed by atoms with Gasteiger partial charge in [0.1, 0.15) is 5.82 Å². The summed E-state index contributed by atoms with van der Waals surface area (Å²) in [7, 11) is 0. The first-order valence-electron chi connectivity index (χ1n) is 8.88. The fraction of sp³-hybridized carbons (Fsp3) is 0.350. The first-order valence-corrected chi connectivity index (χ1v) is 9.67. The number of halogens is 2. The van der Waals surface area contributed by atoms with Crippen molar-refractivity contribution in [3.8, 4) is 0 Å². The van der Waals surface area contributed by atoms with Gasteiger partial charge in [0.15, 0.2) is 5.11 Å². The third kappa shape index (κ3) is 5.16. The van der Waals surface area contributed by atoms with E-state index in [4.69, 9.17) is 23.8 Å². The molecule has 2 aromatic rings. The third-order valence-electron chi connectivity index (χ3n) is 4.67. The van der Waals surface area contributed by atoms with Gasteiger partial charge in [0, 0.05) is 18.1 Å². The smallest absolute Gasteiger partial charge is 0.166 e. The number of thiocarbonyl (C=S) groups is 1. The van der Waals surface area contributed by atoms with Crippen molar-refractivity contribution in [1.82, 2.24) is 15.5 Å². The van der Waals surface area contributed by atoms with Crippen molar-refractivity contribution in [2.45, 2.75) is 25.4 Å². The average molecular weight is 392 g/mol. The molecule has 0 radical (unpaired) electrons. The monoisotopic (exact) mass is 391 g/mol. The summed E-state index contributed by atoms with van der Waals surface area (Å²) >= 11 is 11.8. The van der Waals surface area contributed by atoms with Crippen LogP contribution in [0.25, 0.3) is 0 Å². The lowest BCUT2D eigenvalue weighted by Gasteiger charge is -2.29. The van der Waals surface area contributed by atoms with Crippen molar-refractivity contribution >= 4 is 28.9 Å². The van der Waals surface area contributed by atoms with E-state index in [2.05, 4.69) is 21.6 Å². The van der Waals surface area contributed by atoms with Gasteiger partial charge in [0.05, 0.1) is 6.04 Å². The molecule has 3 rings (SSSR count). The van der Waals surface area contributed by atoms with Crippen LogP contribution in [0.1, 0.15) is 30.0 Å². The highest BCUT2D eigenvalue weighted by molar-refractivity contribution is 7.80. The summed E-state index contributed by atoms with van der Waals surface area (Å²) < 4.78 is 13.0. The van der Waals surface area contributed by atoms with E-state index < -0.39 is 0 Å². The number of likely N-dealkylation sites (tertiary alicyclic amines) is 1. The van der Waals surface area contributed by atoms with E-state index >= 15 is 0 Å². The topological polar surface area (TPSA) is 27.3 Å². The van der Waals surface area contributed by atoms with Crippen molar-refractivity contribution in [2.75, 3.05) is 19.6 Å². The molecule has 0 aromatic heterocycles. The molecular formula is C20H23ClFN3S. The van der Waals surface area contributed by atoms with Crippen LogP contribution in [0.5, 0.6) is 0 Å². The Kier molecular flexibility index (Phi) is 6.83. The Balaban J connectivity index is 1.57. The Morgan fingerprint density at radius 2 is 1.77 bits per heavy atom. The van der Waals surface area contributed by atoms with Gasteiger partial charge >= 0.3 is 0 Å². The molecule has 6 heteroatoms. The predicted octanol–water partition coefficient (Wildman–Crippen LogP) is 4.28. The van der Waals surface area contributed by atoms with E-state index in [1.54, 1.807) is 12.1 Å². The molecule has 0 unspecified atom stereocenters. The maximum absolute atomic E-state index is 13.0. The molecule has 0 bridgehead atoms. The largest absolute Gasteiger partial charge is 0.361 e. The molecule has 2 N–H and O–H groups in total. The first-order chi connectivity index (χ1) is 12.6. The van der Waals surface area contributed by atoms with Gasteiger partial charge in [0.2, 0.25) is 0 Å². The zero-order valence-corrected chi connectivity index (χ0v) is 16.1. The second kappa shape index (κ2) is 9.31. The first kappa shape index (κ1) is 19.1. The summed E-state index contributed by atoms with van der Waals surface area (Å²) in [5.41, 5.74) is 2.11. The number of benzene rings is 2. The molecule has 2 aromatic carbocycles. The van der Waals surface area contributed by atoms with Crippen molar-refractivity contribution < 1.29 is 4.39 Å². The molecule has 0 amide bonds. The van der Waals surface area contributed by atoms with E-state index in [0.29, 0.717) is 18.2 Å². The van der Waals surface area contributed by atoms with E-state index in [9.17, 15) is 4.39 Å². The summed E-state index contributed by atoms with van der Waals surface area (Å²) in [4.78, 5) is 2.46. The molecule has 0 saturated carbocycles. The van der Waals surface area contributed by atoms with Crippen LogP contribution in [-0.2, 0) is 6.54 Å². The molecule has 3 nitrogen and oxygen atoms in total. The van der Waals surface area contributed by atoms with E-state index in [0.717, 1.165) is 29.2 Å². The van der Waals surface area contributed by atoms with Gasteiger partial charge in [-0.15, -0.1) is 0 Å². The van der Waals surface area contributed by atoms with Gasteiger partial charge in [0.25, 0.3) is 0 Å². The minimum Gasteiger partial charge on any atom is -0.361 e. The summed E-state index contributed by atoms with van der Waals surface area (Å²) in [6.45, 7) is 3.41. The lowest BCUT2D eigenvalue weighted by Crippen LogP contribution is -2.41. The van der Waals surface area contributed by atoms with Crippen molar-refractivity contribution in [3.05, 3.63) is 70.5 Å². The van der Waals surface area contributed by atoms with Crippen LogP contribution in [0.15, 0.2) is 48.5 Å². The van der Waals surface area contributed by atoms with Crippen molar-refractivity contribution in [3.63, 3.8) is 0 Å². The van der Waals surface area contributed by atoms with Gasteiger partial charge in [-0.25, -0.2) is 4.39 Å². The fourth-order valence-electron chi connectivity index (χ4n) is 3.27.